The first kappa shape index (κ1) is 17.4. The number of hydrogen-bond donors (Lipinski definition) is 1. The van der Waals surface area contributed by atoms with Crippen molar-refractivity contribution >= 4 is 29.1 Å². The fourth-order valence-electron chi connectivity index (χ4n) is 1.80. The highest BCUT2D eigenvalue weighted by Gasteiger charge is 2.13. The number of ether oxygens (including phenoxy) is 2. The molecule has 2 aromatic rings. The van der Waals surface area contributed by atoms with Crippen molar-refractivity contribution in [3.8, 4) is 11.5 Å². The molecule has 0 spiro atoms. The van der Waals surface area contributed by atoms with E-state index in [9.17, 15) is 9.18 Å². The van der Waals surface area contributed by atoms with Gasteiger partial charge in [-0.05, 0) is 36.4 Å². The van der Waals surface area contributed by atoms with E-state index in [1.54, 1.807) is 31.4 Å². The molecule has 23 heavy (non-hydrogen) atoms. The number of hydrogen-bond acceptors (Lipinski definition) is 3. The van der Waals surface area contributed by atoms with Gasteiger partial charge in [-0.15, -0.1) is 0 Å². The Balaban J connectivity index is 1.84. The van der Waals surface area contributed by atoms with E-state index in [4.69, 9.17) is 32.7 Å². The topological polar surface area (TPSA) is 47.6 Å². The van der Waals surface area contributed by atoms with E-state index in [1.807, 2.05) is 0 Å². The van der Waals surface area contributed by atoms with Gasteiger partial charge >= 0.3 is 0 Å². The quantitative estimate of drug-likeness (QED) is 0.628. The van der Waals surface area contributed by atoms with Gasteiger partial charge in [0.25, 0.3) is 5.91 Å². The van der Waals surface area contributed by atoms with Gasteiger partial charge in [0, 0.05) is 0 Å². The fraction of sp³-hybridized carbons (Fsp3) is 0.188. The monoisotopic (exact) mass is 357 g/mol. The molecule has 0 saturated carbocycles. The van der Waals surface area contributed by atoms with Crippen LogP contribution in [0.3, 0.4) is 0 Å². The van der Waals surface area contributed by atoms with Crippen LogP contribution < -0.4 is 14.8 Å². The maximum absolute atomic E-state index is 13.4. The van der Waals surface area contributed by atoms with Gasteiger partial charge in [-0.1, -0.05) is 23.2 Å². The summed E-state index contributed by atoms with van der Waals surface area (Å²) < 4.78 is 23.9. The maximum atomic E-state index is 13.4. The van der Waals surface area contributed by atoms with Crippen LogP contribution in [0.5, 0.6) is 11.5 Å². The van der Waals surface area contributed by atoms with Gasteiger partial charge in [-0.3, -0.25) is 4.79 Å². The number of halogens is 3. The van der Waals surface area contributed by atoms with E-state index in [1.165, 1.54) is 6.07 Å². The molecule has 122 valence electrons. The van der Waals surface area contributed by atoms with Crippen LogP contribution in [-0.2, 0) is 0 Å². The molecule has 2 rings (SSSR count). The summed E-state index contributed by atoms with van der Waals surface area (Å²) in [6.07, 6.45) is 0. The Kier molecular flexibility index (Phi) is 6.07. The van der Waals surface area contributed by atoms with Crippen molar-refractivity contribution in [2.45, 2.75) is 0 Å². The second kappa shape index (κ2) is 8.04. The number of rotatable bonds is 6. The molecule has 0 heterocycles. The molecule has 1 amide bonds. The van der Waals surface area contributed by atoms with Crippen molar-refractivity contribution in [3.63, 3.8) is 0 Å². The van der Waals surface area contributed by atoms with Crippen LogP contribution >= 0.6 is 23.2 Å². The summed E-state index contributed by atoms with van der Waals surface area (Å²) >= 11 is 11.5. The predicted octanol–water partition coefficient (Wildman–Crippen LogP) is 3.95. The third-order valence-electron chi connectivity index (χ3n) is 2.97. The zero-order chi connectivity index (χ0) is 16.8. The average Bonchev–Trinajstić information content (AvgIpc) is 2.55. The summed E-state index contributed by atoms with van der Waals surface area (Å²) in [7, 11) is 1.58. The summed E-state index contributed by atoms with van der Waals surface area (Å²) in [5.41, 5.74) is 0.0259. The lowest BCUT2D eigenvalue weighted by molar-refractivity contribution is 0.0946. The number of carbonyl (C=O) groups excluding carboxylic acids is 1. The third-order valence-corrected chi connectivity index (χ3v) is 3.57. The lowest BCUT2D eigenvalue weighted by atomic mass is 10.2. The molecule has 7 heteroatoms. The maximum Gasteiger partial charge on any atom is 0.253 e. The van der Waals surface area contributed by atoms with E-state index < -0.39 is 11.7 Å². The number of nitrogens with one attached hydrogen (secondary N) is 1. The Morgan fingerprint density at radius 3 is 2.43 bits per heavy atom. The first-order chi connectivity index (χ1) is 11.0. The molecule has 0 saturated heterocycles. The highest BCUT2D eigenvalue weighted by Crippen LogP contribution is 2.24. The minimum absolute atomic E-state index is 0.0259. The van der Waals surface area contributed by atoms with Crippen molar-refractivity contribution in [1.29, 1.82) is 0 Å². The van der Waals surface area contributed by atoms with Crippen LogP contribution in [0.1, 0.15) is 10.4 Å². The Hall–Kier alpha value is -1.98. The van der Waals surface area contributed by atoms with Crippen LogP contribution in [0.25, 0.3) is 0 Å². The van der Waals surface area contributed by atoms with E-state index in [-0.39, 0.29) is 28.8 Å². The number of carbonyl (C=O) groups is 1. The van der Waals surface area contributed by atoms with Crippen LogP contribution in [0.2, 0.25) is 10.0 Å². The smallest absolute Gasteiger partial charge is 0.253 e. The van der Waals surface area contributed by atoms with Crippen molar-refractivity contribution in [2.75, 3.05) is 20.3 Å². The molecule has 1 N–H and O–H groups in total. The van der Waals surface area contributed by atoms with Gasteiger partial charge in [0.2, 0.25) is 0 Å². The van der Waals surface area contributed by atoms with E-state index >= 15 is 0 Å². The standard InChI is InChI=1S/C16H14Cl2FNO3/c1-22-10-2-4-11(5-3-10)23-7-6-20-16(21)12-8-15(19)14(18)9-13(12)17/h2-5,8-9H,6-7H2,1H3,(H,20,21). The highest BCUT2D eigenvalue weighted by molar-refractivity contribution is 6.36. The molecule has 0 unspecified atom stereocenters. The van der Waals surface area contributed by atoms with Crippen LogP contribution in [-0.4, -0.2) is 26.2 Å². The Morgan fingerprint density at radius 1 is 1.13 bits per heavy atom. The zero-order valence-corrected chi connectivity index (χ0v) is 13.7. The molecule has 0 aliphatic heterocycles. The molecule has 0 atom stereocenters. The predicted molar refractivity (Wildman–Crippen MR) is 87.2 cm³/mol. The van der Waals surface area contributed by atoms with E-state index in [2.05, 4.69) is 5.32 Å². The number of benzene rings is 2. The molecular weight excluding hydrogens is 344 g/mol. The molecular formula is C16H14Cl2FNO3. The molecule has 4 nitrogen and oxygen atoms in total. The first-order valence-corrected chi connectivity index (χ1v) is 7.46. The molecule has 0 radical (unpaired) electrons. The lowest BCUT2D eigenvalue weighted by Crippen LogP contribution is -2.28. The van der Waals surface area contributed by atoms with Crippen LogP contribution in [0.15, 0.2) is 36.4 Å². The Bertz CT molecular complexity index is 692. The zero-order valence-electron chi connectivity index (χ0n) is 12.2. The van der Waals surface area contributed by atoms with Crippen molar-refractivity contribution < 1.29 is 18.7 Å². The summed E-state index contributed by atoms with van der Waals surface area (Å²) in [4.78, 5) is 11.9. The third kappa shape index (κ3) is 4.74. The Morgan fingerprint density at radius 2 is 1.78 bits per heavy atom. The first-order valence-electron chi connectivity index (χ1n) is 6.71. The summed E-state index contributed by atoms with van der Waals surface area (Å²) in [6, 6.07) is 9.25. The SMILES string of the molecule is COc1ccc(OCCNC(=O)c2cc(F)c(Cl)cc2Cl)cc1. The van der Waals surface area contributed by atoms with Gasteiger partial charge < -0.3 is 14.8 Å². The highest BCUT2D eigenvalue weighted by atomic mass is 35.5. The van der Waals surface area contributed by atoms with Gasteiger partial charge in [-0.25, -0.2) is 4.39 Å². The molecule has 0 fully saturated rings. The Labute approximate surface area is 143 Å². The molecule has 0 aromatic heterocycles. The minimum Gasteiger partial charge on any atom is -0.497 e. The van der Waals surface area contributed by atoms with Gasteiger partial charge in [-0.2, -0.15) is 0 Å². The van der Waals surface area contributed by atoms with E-state index in [0.717, 1.165) is 11.8 Å². The normalized spacial score (nSPS) is 10.3. The van der Waals surface area contributed by atoms with E-state index in [0.29, 0.717) is 5.75 Å². The van der Waals surface area contributed by atoms with Crippen LogP contribution in [0.4, 0.5) is 4.39 Å². The van der Waals surface area contributed by atoms with Gasteiger partial charge in [0.05, 0.1) is 29.3 Å². The van der Waals surface area contributed by atoms with Gasteiger partial charge in [0.1, 0.15) is 23.9 Å². The molecule has 2 aromatic carbocycles. The van der Waals surface area contributed by atoms with Crippen molar-refractivity contribution in [2.24, 2.45) is 0 Å². The van der Waals surface area contributed by atoms with Crippen LogP contribution in [0, 0.1) is 5.82 Å². The van der Waals surface area contributed by atoms with Crippen molar-refractivity contribution in [1.82, 2.24) is 5.32 Å². The second-order valence-corrected chi connectivity index (χ2v) is 5.34. The molecule has 0 aliphatic carbocycles. The molecule has 0 bridgehead atoms. The fourth-order valence-corrected chi connectivity index (χ4v) is 2.27. The number of methoxy groups -OCH3 is 1. The minimum atomic E-state index is -0.698. The van der Waals surface area contributed by atoms with Crippen molar-refractivity contribution in [3.05, 3.63) is 57.8 Å². The molecule has 0 aliphatic rings. The van der Waals surface area contributed by atoms with Gasteiger partial charge in [0.15, 0.2) is 0 Å². The summed E-state index contributed by atoms with van der Waals surface area (Å²) in [5, 5.41) is 2.55. The summed E-state index contributed by atoms with van der Waals surface area (Å²) in [6.45, 7) is 0.497. The lowest BCUT2D eigenvalue weighted by Gasteiger charge is -2.09. The second-order valence-electron chi connectivity index (χ2n) is 4.53. The largest absolute Gasteiger partial charge is 0.497 e. The summed E-state index contributed by atoms with van der Waals surface area (Å²) in [5.74, 6) is 0.181. The average molecular weight is 358 g/mol. The number of amides is 1.